The van der Waals surface area contributed by atoms with Crippen molar-refractivity contribution in [1.82, 2.24) is 9.47 Å². The molecule has 4 nitrogen and oxygen atoms in total. The van der Waals surface area contributed by atoms with Gasteiger partial charge in [0.1, 0.15) is 5.69 Å². The molecule has 1 N–H and O–H groups in total. The van der Waals surface area contributed by atoms with Crippen LogP contribution in [0.5, 0.6) is 0 Å². The third kappa shape index (κ3) is 3.48. The van der Waals surface area contributed by atoms with Gasteiger partial charge in [0.25, 0.3) is 0 Å². The molecule has 0 fully saturated rings. The minimum Gasteiger partial charge on any atom is -0.477 e. The quantitative estimate of drug-likeness (QED) is 0.636. The van der Waals surface area contributed by atoms with E-state index in [0.29, 0.717) is 17.3 Å². The standard InChI is InChI=1S/C21H23ClN2O2/c1-3-23(4-2)12-13-24-19(15-8-6-5-7-9-15)18-14-16(22)10-11-17(18)20(24)21(25)26/h5-11,14H,3-4,12-13H2,1-2H3,(H,25,26). The van der Waals surface area contributed by atoms with Gasteiger partial charge in [-0.2, -0.15) is 0 Å². The van der Waals surface area contributed by atoms with Crippen molar-refractivity contribution in [3.63, 3.8) is 0 Å². The third-order valence-corrected chi connectivity index (χ3v) is 5.05. The van der Waals surface area contributed by atoms with Gasteiger partial charge in [-0.25, -0.2) is 4.79 Å². The number of likely N-dealkylation sites (N-methyl/N-ethyl adjacent to an activating group) is 1. The number of nitrogens with zero attached hydrogens (tertiary/aromatic N) is 2. The molecule has 26 heavy (non-hydrogen) atoms. The van der Waals surface area contributed by atoms with Gasteiger partial charge in [-0.05, 0) is 30.8 Å². The van der Waals surface area contributed by atoms with E-state index < -0.39 is 5.97 Å². The van der Waals surface area contributed by atoms with Gasteiger partial charge < -0.3 is 14.6 Å². The molecule has 136 valence electrons. The second-order valence-electron chi connectivity index (χ2n) is 6.24. The van der Waals surface area contributed by atoms with Gasteiger partial charge in [0.15, 0.2) is 0 Å². The summed E-state index contributed by atoms with van der Waals surface area (Å²) >= 11 is 6.23. The second kappa shape index (κ2) is 7.94. The number of carboxylic acids is 1. The van der Waals surface area contributed by atoms with Crippen molar-refractivity contribution in [3.05, 3.63) is 59.2 Å². The van der Waals surface area contributed by atoms with Crippen LogP contribution in [0.1, 0.15) is 24.3 Å². The van der Waals surface area contributed by atoms with E-state index in [1.54, 1.807) is 6.07 Å². The van der Waals surface area contributed by atoms with E-state index in [4.69, 9.17) is 11.6 Å². The van der Waals surface area contributed by atoms with Crippen molar-refractivity contribution < 1.29 is 9.90 Å². The van der Waals surface area contributed by atoms with Crippen LogP contribution in [0.2, 0.25) is 5.02 Å². The van der Waals surface area contributed by atoms with Gasteiger partial charge >= 0.3 is 5.97 Å². The van der Waals surface area contributed by atoms with Crippen molar-refractivity contribution >= 4 is 28.3 Å². The zero-order valence-electron chi connectivity index (χ0n) is 15.1. The van der Waals surface area contributed by atoms with Crippen LogP contribution < -0.4 is 0 Å². The molecule has 0 spiro atoms. The van der Waals surface area contributed by atoms with Gasteiger partial charge in [-0.15, -0.1) is 0 Å². The molecule has 3 rings (SSSR count). The van der Waals surface area contributed by atoms with Crippen LogP contribution in [-0.2, 0) is 6.54 Å². The van der Waals surface area contributed by atoms with Crippen molar-refractivity contribution in [1.29, 1.82) is 0 Å². The van der Waals surface area contributed by atoms with Gasteiger partial charge in [-0.1, -0.05) is 61.8 Å². The second-order valence-corrected chi connectivity index (χ2v) is 6.67. The fraction of sp³-hybridized carbons (Fsp3) is 0.286. The van der Waals surface area contributed by atoms with E-state index in [1.165, 1.54) is 0 Å². The lowest BCUT2D eigenvalue weighted by atomic mass is 10.1. The third-order valence-electron chi connectivity index (χ3n) is 4.82. The molecular weight excluding hydrogens is 348 g/mol. The number of hydrogen-bond acceptors (Lipinski definition) is 2. The number of fused-ring (bicyclic) bond motifs is 1. The molecule has 1 aromatic heterocycles. The Kier molecular flexibility index (Phi) is 5.64. The van der Waals surface area contributed by atoms with Crippen LogP contribution in [0.4, 0.5) is 0 Å². The number of carboxylic acid groups (broad SMARTS) is 1. The molecule has 0 atom stereocenters. The molecule has 1 heterocycles. The molecular formula is C21H23ClN2O2. The van der Waals surface area contributed by atoms with Crippen molar-refractivity contribution in [2.24, 2.45) is 0 Å². The summed E-state index contributed by atoms with van der Waals surface area (Å²) in [6.45, 7) is 7.51. The van der Waals surface area contributed by atoms with Crippen LogP contribution in [-0.4, -0.2) is 40.2 Å². The van der Waals surface area contributed by atoms with Crippen LogP contribution in [0.25, 0.3) is 22.0 Å². The van der Waals surface area contributed by atoms with Crippen LogP contribution >= 0.6 is 11.6 Å². The average molecular weight is 371 g/mol. The van der Waals surface area contributed by atoms with Gasteiger partial charge in [-0.3, -0.25) is 0 Å². The Morgan fingerprint density at radius 1 is 1.08 bits per heavy atom. The fourth-order valence-corrected chi connectivity index (χ4v) is 3.64. The van der Waals surface area contributed by atoms with E-state index in [-0.39, 0.29) is 0 Å². The van der Waals surface area contributed by atoms with E-state index >= 15 is 0 Å². The first kappa shape index (κ1) is 18.5. The van der Waals surface area contributed by atoms with E-state index in [9.17, 15) is 9.90 Å². The maximum Gasteiger partial charge on any atom is 0.353 e. The summed E-state index contributed by atoms with van der Waals surface area (Å²) in [5, 5.41) is 12.1. The van der Waals surface area contributed by atoms with Gasteiger partial charge in [0, 0.05) is 28.9 Å². The lowest BCUT2D eigenvalue weighted by Gasteiger charge is -2.20. The normalized spacial score (nSPS) is 11.4. The van der Waals surface area contributed by atoms with Crippen LogP contribution in [0.3, 0.4) is 0 Å². The molecule has 0 aliphatic rings. The Bertz CT molecular complexity index is 915. The predicted octanol–water partition coefficient (Wildman–Crippen LogP) is 5.00. The number of aromatic nitrogens is 1. The molecule has 0 saturated heterocycles. The Morgan fingerprint density at radius 3 is 2.38 bits per heavy atom. The highest BCUT2D eigenvalue weighted by molar-refractivity contribution is 6.31. The molecule has 3 aromatic rings. The average Bonchev–Trinajstić information content (AvgIpc) is 2.96. The summed E-state index contributed by atoms with van der Waals surface area (Å²) in [4.78, 5) is 14.4. The number of hydrogen-bond donors (Lipinski definition) is 1. The molecule has 0 unspecified atom stereocenters. The number of carbonyl (C=O) groups is 1. The van der Waals surface area contributed by atoms with E-state index in [0.717, 1.165) is 41.7 Å². The van der Waals surface area contributed by atoms with Crippen molar-refractivity contribution in [2.45, 2.75) is 20.4 Å². The number of aromatic carboxylic acids is 1. The minimum absolute atomic E-state index is 0.322. The zero-order chi connectivity index (χ0) is 18.7. The minimum atomic E-state index is -0.918. The summed E-state index contributed by atoms with van der Waals surface area (Å²) in [7, 11) is 0. The van der Waals surface area contributed by atoms with Crippen molar-refractivity contribution in [2.75, 3.05) is 19.6 Å². The zero-order valence-corrected chi connectivity index (χ0v) is 15.8. The lowest BCUT2D eigenvalue weighted by molar-refractivity contribution is 0.0687. The number of halogens is 1. The Balaban J connectivity index is 2.25. The maximum absolute atomic E-state index is 12.1. The Labute approximate surface area is 158 Å². The van der Waals surface area contributed by atoms with Gasteiger partial charge in [0.2, 0.25) is 0 Å². The highest BCUT2D eigenvalue weighted by Gasteiger charge is 2.23. The topological polar surface area (TPSA) is 45.5 Å². The first-order chi connectivity index (χ1) is 12.6. The molecule has 0 saturated carbocycles. The SMILES string of the molecule is CCN(CC)CCn1c(C(=O)O)c2ccc(Cl)cc2c1-c1ccccc1. The first-order valence-corrected chi connectivity index (χ1v) is 9.27. The van der Waals surface area contributed by atoms with Crippen LogP contribution in [0.15, 0.2) is 48.5 Å². The number of benzene rings is 2. The molecule has 0 aliphatic heterocycles. The van der Waals surface area contributed by atoms with Crippen molar-refractivity contribution in [3.8, 4) is 11.3 Å². The lowest BCUT2D eigenvalue weighted by Crippen LogP contribution is -2.28. The van der Waals surface area contributed by atoms with E-state index in [1.807, 2.05) is 47.0 Å². The monoisotopic (exact) mass is 370 g/mol. The first-order valence-electron chi connectivity index (χ1n) is 8.89. The van der Waals surface area contributed by atoms with Gasteiger partial charge in [0.05, 0.1) is 5.69 Å². The largest absolute Gasteiger partial charge is 0.477 e. The van der Waals surface area contributed by atoms with Crippen LogP contribution in [0, 0.1) is 0 Å². The summed E-state index contributed by atoms with van der Waals surface area (Å²) in [6, 6.07) is 15.3. The molecule has 0 bridgehead atoms. The smallest absolute Gasteiger partial charge is 0.353 e. The predicted molar refractivity (Wildman–Crippen MR) is 107 cm³/mol. The highest BCUT2D eigenvalue weighted by Crippen LogP contribution is 2.35. The van der Waals surface area contributed by atoms with E-state index in [2.05, 4.69) is 18.7 Å². The molecule has 5 heteroatoms. The number of rotatable bonds is 7. The summed E-state index contributed by atoms with van der Waals surface area (Å²) in [5.74, 6) is -0.918. The summed E-state index contributed by atoms with van der Waals surface area (Å²) in [5.41, 5.74) is 2.22. The molecule has 0 amide bonds. The Morgan fingerprint density at radius 2 is 1.77 bits per heavy atom. The highest BCUT2D eigenvalue weighted by atomic mass is 35.5. The fourth-order valence-electron chi connectivity index (χ4n) is 3.46. The molecule has 0 aliphatic carbocycles. The summed E-state index contributed by atoms with van der Waals surface area (Å²) < 4.78 is 1.93. The Hall–Kier alpha value is -2.30. The summed E-state index contributed by atoms with van der Waals surface area (Å²) in [6.07, 6.45) is 0. The molecule has 0 radical (unpaired) electrons. The maximum atomic E-state index is 12.1. The molecule has 2 aromatic carbocycles.